The number of carboxylic acid groups (broad SMARTS) is 1. The van der Waals surface area contributed by atoms with Crippen LogP contribution in [0.25, 0.3) is 6.08 Å². The summed E-state index contributed by atoms with van der Waals surface area (Å²) < 4.78 is 0. The summed E-state index contributed by atoms with van der Waals surface area (Å²) in [4.78, 5) is 37.0. The summed E-state index contributed by atoms with van der Waals surface area (Å²) in [6.45, 7) is 0.337. The molecule has 3 rings (SSSR count). The fraction of sp³-hybridized carbons (Fsp3) is 0.105. The number of aromatic carboxylic acids is 1. The van der Waals surface area contributed by atoms with Gasteiger partial charge in [-0.25, -0.2) is 4.79 Å². The molecule has 126 valence electrons. The van der Waals surface area contributed by atoms with E-state index in [4.69, 9.17) is 5.11 Å². The smallest absolute Gasteiger partial charge is 0.335 e. The van der Waals surface area contributed by atoms with Crippen LogP contribution in [0.2, 0.25) is 0 Å². The standard InChI is InChI=1S/C19H15NO4S/c21-17-16(12-14-6-8-15(9-7-14)18(22)23)25-19(24)20(17)11-10-13-4-2-1-3-5-13/h1-9,12H,10-11H2,(H,22,23). The Balaban J connectivity index is 1.70. The maximum absolute atomic E-state index is 12.4. The molecule has 0 aliphatic carbocycles. The van der Waals surface area contributed by atoms with Gasteiger partial charge in [-0.1, -0.05) is 42.5 Å². The lowest BCUT2D eigenvalue weighted by atomic mass is 10.1. The van der Waals surface area contributed by atoms with Crippen LogP contribution in [-0.2, 0) is 11.2 Å². The first-order chi connectivity index (χ1) is 12.0. The zero-order chi connectivity index (χ0) is 17.8. The predicted octanol–water partition coefficient (Wildman–Crippen LogP) is 3.66. The number of carboxylic acids is 1. The molecule has 2 amide bonds. The van der Waals surface area contributed by atoms with Crippen LogP contribution < -0.4 is 0 Å². The Kier molecular flexibility index (Phi) is 5.00. The highest BCUT2D eigenvalue weighted by atomic mass is 32.2. The molecule has 1 N–H and O–H groups in total. The number of nitrogens with zero attached hydrogens (tertiary/aromatic N) is 1. The number of amides is 2. The second-order valence-corrected chi connectivity index (χ2v) is 6.49. The number of imide groups is 1. The third-order valence-electron chi connectivity index (χ3n) is 3.80. The number of benzene rings is 2. The molecule has 1 aliphatic rings. The normalized spacial score (nSPS) is 15.8. The van der Waals surface area contributed by atoms with Gasteiger partial charge in [-0.05, 0) is 47.5 Å². The molecule has 25 heavy (non-hydrogen) atoms. The Bertz CT molecular complexity index is 843. The zero-order valence-electron chi connectivity index (χ0n) is 13.2. The molecule has 6 heteroatoms. The molecule has 1 saturated heterocycles. The predicted molar refractivity (Wildman–Crippen MR) is 96.2 cm³/mol. The van der Waals surface area contributed by atoms with Gasteiger partial charge < -0.3 is 5.11 Å². The van der Waals surface area contributed by atoms with Crippen molar-refractivity contribution in [3.05, 3.63) is 76.2 Å². The molecule has 2 aromatic carbocycles. The zero-order valence-corrected chi connectivity index (χ0v) is 14.0. The van der Waals surface area contributed by atoms with Gasteiger partial charge >= 0.3 is 5.97 Å². The van der Waals surface area contributed by atoms with Gasteiger partial charge in [0.25, 0.3) is 11.1 Å². The van der Waals surface area contributed by atoms with Gasteiger partial charge in [-0.15, -0.1) is 0 Å². The van der Waals surface area contributed by atoms with E-state index in [9.17, 15) is 14.4 Å². The first kappa shape index (κ1) is 17.0. The minimum atomic E-state index is -1.01. The monoisotopic (exact) mass is 353 g/mol. The van der Waals surface area contributed by atoms with Gasteiger partial charge in [0, 0.05) is 6.54 Å². The minimum Gasteiger partial charge on any atom is -0.478 e. The summed E-state index contributed by atoms with van der Waals surface area (Å²) >= 11 is 0.904. The number of hydrogen-bond donors (Lipinski definition) is 1. The van der Waals surface area contributed by atoms with E-state index in [1.165, 1.54) is 17.0 Å². The Hall–Kier alpha value is -2.86. The molecule has 0 aromatic heterocycles. The molecule has 0 bridgehead atoms. The summed E-state index contributed by atoms with van der Waals surface area (Å²) in [6, 6.07) is 15.8. The van der Waals surface area contributed by atoms with Crippen molar-refractivity contribution in [1.82, 2.24) is 4.90 Å². The van der Waals surface area contributed by atoms with Crippen LogP contribution in [0.5, 0.6) is 0 Å². The lowest BCUT2D eigenvalue weighted by Gasteiger charge is -2.12. The number of carbonyl (C=O) groups is 3. The Morgan fingerprint density at radius 1 is 1.04 bits per heavy atom. The van der Waals surface area contributed by atoms with Gasteiger partial charge in [0.1, 0.15) is 0 Å². The summed E-state index contributed by atoms with van der Waals surface area (Å²) in [5, 5.41) is 8.62. The summed E-state index contributed by atoms with van der Waals surface area (Å²) in [7, 11) is 0. The largest absolute Gasteiger partial charge is 0.478 e. The first-order valence-corrected chi connectivity index (χ1v) is 8.49. The van der Waals surface area contributed by atoms with Crippen LogP contribution in [0.4, 0.5) is 4.79 Å². The Morgan fingerprint density at radius 3 is 2.36 bits per heavy atom. The second kappa shape index (κ2) is 7.36. The van der Waals surface area contributed by atoms with E-state index < -0.39 is 5.97 Å². The van der Waals surface area contributed by atoms with E-state index >= 15 is 0 Å². The lowest BCUT2D eigenvalue weighted by Crippen LogP contribution is -2.30. The molecule has 0 spiro atoms. The first-order valence-electron chi connectivity index (χ1n) is 7.67. The molecule has 0 saturated carbocycles. The fourth-order valence-corrected chi connectivity index (χ4v) is 3.32. The molecule has 5 nitrogen and oxygen atoms in total. The average molecular weight is 353 g/mol. The summed E-state index contributed by atoms with van der Waals surface area (Å²) in [5.41, 5.74) is 1.92. The van der Waals surface area contributed by atoms with Crippen LogP contribution >= 0.6 is 11.8 Å². The quantitative estimate of drug-likeness (QED) is 0.830. The van der Waals surface area contributed by atoms with Crippen molar-refractivity contribution < 1.29 is 19.5 Å². The lowest BCUT2D eigenvalue weighted by molar-refractivity contribution is -0.122. The Morgan fingerprint density at radius 2 is 1.72 bits per heavy atom. The number of hydrogen-bond acceptors (Lipinski definition) is 4. The molecule has 1 aliphatic heterocycles. The van der Waals surface area contributed by atoms with Gasteiger partial charge in [-0.2, -0.15) is 0 Å². The molecule has 1 heterocycles. The van der Waals surface area contributed by atoms with Crippen molar-refractivity contribution in [3.8, 4) is 0 Å². The topological polar surface area (TPSA) is 74.7 Å². The van der Waals surface area contributed by atoms with Gasteiger partial charge in [0.05, 0.1) is 10.5 Å². The van der Waals surface area contributed by atoms with E-state index in [0.29, 0.717) is 23.4 Å². The van der Waals surface area contributed by atoms with Gasteiger partial charge in [0.15, 0.2) is 0 Å². The number of rotatable bonds is 5. The molecule has 0 radical (unpaired) electrons. The summed E-state index contributed by atoms with van der Waals surface area (Å²) in [5.74, 6) is -1.32. The third-order valence-corrected chi connectivity index (χ3v) is 4.70. The SMILES string of the molecule is O=C(O)c1ccc(C=C2SC(=O)N(CCc3ccccc3)C2=O)cc1. The van der Waals surface area contributed by atoms with Crippen LogP contribution in [0.3, 0.4) is 0 Å². The van der Waals surface area contributed by atoms with Gasteiger partial charge in [0.2, 0.25) is 0 Å². The van der Waals surface area contributed by atoms with E-state index in [1.807, 2.05) is 30.3 Å². The van der Waals surface area contributed by atoms with Crippen molar-refractivity contribution in [2.24, 2.45) is 0 Å². The second-order valence-electron chi connectivity index (χ2n) is 5.50. The minimum absolute atomic E-state index is 0.174. The van der Waals surface area contributed by atoms with E-state index in [1.54, 1.807) is 18.2 Å². The van der Waals surface area contributed by atoms with Crippen molar-refractivity contribution in [1.29, 1.82) is 0 Å². The van der Waals surface area contributed by atoms with E-state index in [2.05, 4.69) is 0 Å². The molecular weight excluding hydrogens is 338 g/mol. The molecule has 0 unspecified atom stereocenters. The van der Waals surface area contributed by atoms with Gasteiger partial charge in [-0.3, -0.25) is 14.5 Å². The van der Waals surface area contributed by atoms with Crippen molar-refractivity contribution in [3.63, 3.8) is 0 Å². The maximum atomic E-state index is 12.4. The highest BCUT2D eigenvalue weighted by molar-refractivity contribution is 8.18. The van der Waals surface area contributed by atoms with Crippen molar-refractivity contribution >= 4 is 35.0 Å². The van der Waals surface area contributed by atoms with E-state index in [-0.39, 0.29) is 16.7 Å². The summed E-state index contributed by atoms with van der Waals surface area (Å²) in [6.07, 6.45) is 2.22. The highest BCUT2D eigenvalue weighted by Crippen LogP contribution is 2.32. The average Bonchev–Trinajstić information content (AvgIpc) is 2.88. The Labute approximate surface area is 149 Å². The third kappa shape index (κ3) is 3.97. The maximum Gasteiger partial charge on any atom is 0.335 e. The molecule has 0 atom stereocenters. The van der Waals surface area contributed by atoms with Crippen LogP contribution in [0.15, 0.2) is 59.5 Å². The molecular formula is C19H15NO4S. The van der Waals surface area contributed by atoms with Crippen molar-refractivity contribution in [2.45, 2.75) is 6.42 Å². The van der Waals surface area contributed by atoms with Crippen LogP contribution in [-0.4, -0.2) is 33.7 Å². The van der Waals surface area contributed by atoms with Crippen LogP contribution in [0, 0.1) is 0 Å². The highest BCUT2D eigenvalue weighted by Gasteiger charge is 2.34. The molecule has 2 aromatic rings. The number of thioether (sulfide) groups is 1. The molecule has 1 fully saturated rings. The van der Waals surface area contributed by atoms with E-state index in [0.717, 1.165) is 17.3 Å². The van der Waals surface area contributed by atoms with Crippen molar-refractivity contribution in [2.75, 3.05) is 6.54 Å². The fourth-order valence-electron chi connectivity index (χ4n) is 2.45. The number of carbonyl (C=O) groups excluding carboxylic acids is 2. The van der Waals surface area contributed by atoms with Crippen LogP contribution in [0.1, 0.15) is 21.5 Å².